The predicted octanol–water partition coefficient (Wildman–Crippen LogP) is 3.04. The van der Waals surface area contributed by atoms with Crippen LogP contribution >= 0.6 is 0 Å². The zero-order valence-electron chi connectivity index (χ0n) is 16.4. The summed E-state index contributed by atoms with van der Waals surface area (Å²) in [5.74, 6) is -0.186. The molecule has 1 heterocycles. The molecule has 0 saturated carbocycles. The van der Waals surface area contributed by atoms with Crippen molar-refractivity contribution in [1.82, 2.24) is 5.32 Å². The van der Waals surface area contributed by atoms with Gasteiger partial charge < -0.3 is 10.1 Å². The molecule has 1 atom stereocenters. The highest BCUT2D eigenvalue weighted by atomic mass is 32.2. The van der Waals surface area contributed by atoms with Gasteiger partial charge in [-0.3, -0.25) is 9.10 Å². The van der Waals surface area contributed by atoms with Gasteiger partial charge in [0.25, 0.3) is 15.9 Å². The summed E-state index contributed by atoms with van der Waals surface area (Å²) in [5, 5.41) is 2.88. The average molecular weight is 403 g/mol. The molecule has 2 aromatic rings. The van der Waals surface area contributed by atoms with Crippen molar-refractivity contribution >= 4 is 21.6 Å². The van der Waals surface area contributed by atoms with Crippen molar-refractivity contribution in [3.05, 3.63) is 59.2 Å². The van der Waals surface area contributed by atoms with E-state index < -0.39 is 10.0 Å². The lowest BCUT2D eigenvalue weighted by Gasteiger charge is -2.22. The van der Waals surface area contributed by atoms with Crippen LogP contribution in [0.5, 0.6) is 0 Å². The van der Waals surface area contributed by atoms with Crippen LogP contribution in [0.25, 0.3) is 0 Å². The molecule has 1 aliphatic heterocycles. The van der Waals surface area contributed by atoms with E-state index in [1.165, 1.54) is 11.4 Å². The molecule has 28 heavy (non-hydrogen) atoms. The number of nitrogens with zero attached hydrogens (tertiary/aromatic N) is 1. The van der Waals surface area contributed by atoms with Gasteiger partial charge in [0, 0.05) is 25.8 Å². The normalized spacial score (nSPS) is 16.8. The van der Waals surface area contributed by atoms with Crippen molar-refractivity contribution in [1.29, 1.82) is 0 Å². The van der Waals surface area contributed by atoms with Crippen LogP contribution in [0.2, 0.25) is 0 Å². The number of carbonyl (C=O) groups excluding carboxylic acids is 1. The van der Waals surface area contributed by atoms with E-state index in [4.69, 9.17) is 4.74 Å². The minimum absolute atomic E-state index is 0.0788. The Hall–Kier alpha value is -2.38. The second-order valence-electron chi connectivity index (χ2n) is 7.13. The molecule has 1 amide bonds. The number of aryl methyl sites for hydroxylation is 2. The van der Waals surface area contributed by atoms with Crippen molar-refractivity contribution < 1.29 is 17.9 Å². The largest absolute Gasteiger partial charge is 0.376 e. The van der Waals surface area contributed by atoms with Gasteiger partial charge in [-0.2, -0.15) is 0 Å². The topological polar surface area (TPSA) is 75.7 Å². The van der Waals surface area contributed by atoms with Crippen LogP contribution in [0.3, 0.4) is 0 Å². The van der Waals surface area contributed by atoms with Gasteiger partial charge in [0.15, 0.2) is 0 Å². The summed E-state index contributed by atoms with van der Waals surface area (Å²) in [6.45, 7) is 4.94. The van der Waals surface area contributed by atoms with Crippen molar-refractivity contribution in [2.75, 3.05) is 24.5 Å². The third-order valence-electron chi connectivity index (χ3n) is 4.99. The summed E-state index contributed by atoms with van der Waals surface area (Å²) in [7, 11) is -2.15. The second-order valence-corrected chi connectivity index (χ2v) is 9.10. The van der Waals surface area contributed by atoms with E-state index in [0.717, 1.165) is 25.0 Å². The van der Waals surface area contributed by atoms with Gasteiger partial charge in [-0.05, 0) is 62.6 Å². The van der Waals surface area contributed by atoms with E-state index in [1.54, 1.807) is 49.4 Å². The summed E-state index contributed by atoms with van der Waals surface area (Å²) in [4.78, 5) is 12.6. The fourth-order valence-electron chi connectivity index (χ4n) is 3.26. The monoisotopic (exact) mass is 402 g/mol. The van der Waals surface area contributed by atoms with Crippen LogP contribution in [0.1, 0.15) is 34.3 Å². The predicted molar refractivity (Wildman–Crippen MR) is 109 cm³/mol. The minimum Gasteiger partial charge on any atom is -0.376 e. The molecule has 6 nitrogen and oxygen atoms in total. The van der Waals surface area contributed by atoms with E-state index in [9.17, 15) is 13.2 Å². The lowest BCUT2D eigenvalue weighted by Crippen LogP contribution is -2.32. The quantitative estimate of drug-likeness (QED) is 0.806. The Morgan fingerprint density at radius 2 is 1.89 bits per heavy atom. The van der Waals surface area contributed by atoms with Gasteiger partial charge >= 0.3 is 0 Å². The zero-order valence-corrected chi connectivity index (χ0v) is 17.3. The number of ether oxygens (including phenoxy) is 1. The molecule has 0 aliphatic carbocycles. The number of carbonyl (C=O) groups is 1. The highest BCUT2D eigenvalue weighted by Crippen LogP contribution is 2.26. The van der Waals surface area contributed by atoms with Gasteiger partial charge in [0.05, 0.1) is 16.7 Å². The molecular weight excluding hydrogens is 376 g/mol. The van der Waals surface area contributed by atoms with Gasteiger partial charge in [-0.25, -0.2) is 8.42 Å². The molecule has 1 aliphatic rings. The first-order valence-electron chi connectivity index (χ1n) is 9.35. The van der Waals surface area contributed by atoms with Crippen LogP contribution in [0.15, 0.2) is 47.4 Å². The molecule has 1 N–H and O–H groups in total. The third kappa shape index (κ3) is 4.36. The van der Waals surface area contributed by atoms with Crippen molar-refractivity contribution in [3.8, 4) is 0 Å². The van der Waals surface area contributed by atoms with Crippen LogP contribution in [-0.2, 0) is 14.8 Å². The Kier molecular flexibility index (Phi) is 6.05. The molecule has 1 saturated heterocycles. The molecule has 1 fully saturated rings. The highest BCUT2D eigenvalue weighted by molar-refractivity contribution is 7.92. The number of nitrogens with one attached hydrogen (secondary N) is 1. The van der Waals surface area contributed by atoms with E-state index in [-0.39, 0.29) is 16.9 Å². The number of anilines is 1. The molecule has 0 spiro atoms. The van der Waals surface area contributed by atoms with Crippen LogP contribution in [0.4, 0.5) is 5.69 Å². The smallest absolute Gasteiger partial charge is 0.264 e. The molecule has 0 radical (unpaired) electrons. The van der Waals surface area contributed by atoms with Gasteiger partial charge in [0.2, 0.25) is 0 Å². The van der Waals surface area contributed by atoms with Crippen LogP contribution in [0, 0.1) is 13.8 Å². The Labute approximate surface area is 166 Å². The lowest BCUT2D eigenvalue weighted by molar-refractivity contribution is 0.0857. The lowest BCUT2D eigenvalue weighted by atomic mass is 10.1. The Balaban J connectivity index is 1.75. The van der Waals surface area contributed by atoms with E-state index in [2.05, 4.69) is 5.32 Å². The number of amides is 1. The molecule has 7 heteroatoms. The summed E-state index contributed by atoms with van der Waals surface area (Å²) < 4.78 is 32.6. The fourth-order valence-corrected chi connectivity index (χ4v) is 4.52. The Morgan fingerprint density at radius 1 is 1.18 bits per heavy atom. The number of hydrogen-bond donors (Lipinski definition) is 1. The van der Waals surface area contributed by atoms with E-state index >= 15 is 0 Å². The maximum absolute atomic E-state index is 12.9. The molecule has 1 unspecified atom stereocenters. The van der Waals surface area contributed by atoms with Gasteiger partial charge in [-0.15, -0.1) is 0 Å². The average Bonchev–Trinajstić information content (AvgIpc) is 3.19. The van der Waals surface area contributed by atoms with Crippen LogP contribution in [-0.4, -0.2) is 40.6 Å². The molecule has 150 valence electrons. The summed E-state index contributed by atoms with van der Waals surface area (Å²) in [5.41, 5.74) is 2.75. The van der Waals surface area contributed by atoms with Gasteiger partial charge in [0.1, 0.15) is 0 Å². The standard InChI is InChI=1S/C21H26N2O4S/c1-15-6-9-19(10-7-15)28(25,26)23(3)20-11-8-17(13-16(20)2)21(24)22-14-18-5-4-12-27-18/h6-11,13,18H,4-5,12,14H2,1-3H3,(H,22,24). The maximum atomic E-state index is 12.9. The Bertz CT molecular complexity index is 949. The van der Waals surface area contributed by atoms with Gasteiger partial charge in [-0.1, -0.05) is 17.7 Å². The highest BCUT2D eigenvalue weighted by Gasteiger charge is 2.23. The third-order valence-corrected chi connectivity index (χ3v) is 6.78. The summed E-state index contributed by atoms with van der Waals surface area (Å²) >= 11 is 0. The van der Waals surface area contributed by atoms with Crippen LogP contribution < -0.4 is 9.62 Å². The first-order valence-corrected chi connectivity index (χ1v) is 10.8. The summed E-state index contributed by atoms with van der Waals surface area (Å²) in [6.07, 6.45) is 2.06. The second kappa shape index (κ2) is 8.32. The number of sulfonamides is 1. The minimum atomic E-state index is -3.67. The zero-order chi connectivity index (χ0) is 20.3. The van der Waals surface area contributed by atoms with E-state index in [1.807, 2.05) is 6.92 Å². The number of rotatable bonds is 6. The fraction of sp³-hybridized carbons (Fsp3) is 0.381. The molecular formula is C21H26N2O4S. The molecule has 0 aromatic heterocycles. The summed E-state index contributed by atoms with van der Waals surface area (Å²) in [6, 6.07) is 11.8. The maximum Gasteiger partial charge on any atom is 0.264 e. The van der Waals surface area contributed by atoms with Crippen molar-refractivity contribution in [2.24, 2.45) is 0 Å². The first-order chi connectivity index (χ1) is 13.3. The molecule has 2 aromatic carbocycles. The first kappa shape index (κ1) is 20.4. The van der Waals surface area contributed by atoms with Crippen molar-refractivity contribution in [3.63, 3.8) is 0 Å². The Morgan fingerprint density at radius 3 is 2.50 bits per heavy atom. The van der Waals surface area contributed by atoms with Crippen molar-refractivity contribution in [2.45, 2.75) is 37.7 Å². The molecule has 3 rings (SSSR count). The SMILES string of the molecule is Cc1ccc(S(=O)(=O)N(C)c2ccc(C(=O)NCC3CCCO3)cc2C)cc1. The molecule has 0 bridgehead atoms. The number of benzene rings is 2. The van der Waals surface area contributed by atoms with E-state index in [0.29, 0.717) is 23.4 Å². The number of hydrogen-bond acceptors (Lipinski definition) is 4.